The van der Waals surface area contributed by atoms with Gasteiger partial charge in [-0.1, -0.05) is 18.5 Å². The minimum atomic E-state index is -0.398. The van der Waals surface area contributed by atoms with Gasteiger partial charge in [0.2, 0.25) is 5.95 Å². The van der Waals surface area contributed by atoms with Gasteiger partial charge in [0.1, 0.15) is 5.82 Å². The average Bonchev–Trinajstić information content (AvgIpc) is 3.35. The number of halogens is 1. The van der Waals surface area contributed by atoms with Crippen LogP contribution in [-0.2, 0) is 0 Å². The van der Waals surface area contributed by atoms with Crippen LogP contribution >= 0.6 is 11.6 Å². The molecule has 158 valence electrons. The number of nitrogen functional groups attached to an aromatic ring is 2. The Labute approximate surface area is 178 Å². The van der Waals surface area contributed by atoms with Crippen LogP contribution in [0.2, 0.25) is 5.02 Å². The van der Waals surface area contributed by atoms with Crippen LogP contribution in [0.3, 0.4) is 0 Å². The number of nitrogens with two attached hydrogens (primary N) is 2. The zero-order chi connectivity index (χ0) is 21.0. The summed E-state index contributed by atoms with van der Waals surface area (Å²) < 4.78 is 1.54. The number of imidazole rings is 1. The fraction of sp³-hybridized carbons (Fsp3) is 0.421. The Bertz CT molecular complexity index is 1100. The van der Waals surface area contributed by atoms with E-state index >= 15 is 0 Å². The predicted octanol–water partition coefficient (Wildman–Crippen LogP) is 2.08. The van der Waals surface area contributed by atoms with E-state index in [9.17, 15) is 5.11 Å². The van der Waals surface area contributed by atoms with Crippen LogP contribution in [-0.4, -0.2) is 49.9 Å². The van der Waals surface area contributed by atoms with Gasteiger partial charge in [0.05, 0.1) is 28.7 Å². The number of benzene rings is 1. The van der Waals surface area contributed by atoms with Crippen molar-refractivity contribution in [2.24, 2.45) is 5.92 Å². The molecule has 10 nitrogen and oxygen atoms in total. The molecule has 5 rings (SSSR count). The first kappa shape index (κ1) is 19.0. The number of nitrogens with zero attached hydrogens (tertiary/aromatic N) is 5. The third-order valence-corrected chi connectivity index (χ3v) is 5.94. The van der Waals surface area contributed by atoms with Crippen LogP contribution in [0.4, 0.5) is 34.6 Å². The fourth-order valence-corrected chi connectivity index (χ4v) is 3.96. The summed E-state index contributed by atoms with van der Waals surface area (Å²) in [7, 11) is 0. The van der Waals surface area contributed by atoms with E-state index in [0.29, 0.717) is 58.8 Å². The van der Waals surface area contributed by atoms with Crippen LogP contribution in [0.1, 0.15) is 19.8 Å². The summed E-state index contributed by atoms with van der Waals surface area (Å²) in [5.74, 6) is 1.51. The standard InChI is InChI=1S/C19H24ClN9O/c1-9-7-28(8-14(9)30)13-5-10(21)4-12(16(13)20)25-19-26-17(24-11-2-3-11)18-23-6-15(22)29(18)27-19/h4-6,9,11,14,30H,2-3,7-8,21-22H2,1H3,(H2,24,25,26,27)/t9-,14-/m1/s1. The van der Waals surface area contributed by atoms with Crippen LogP contribution in [0, 0.1) is 5.92 Å². The topological polar surface area (TPSA) is 143 Å². The van der Waals surface area contributed by atoms with Crippen molar-refractivity contribution in [1.29, 1.82) is 0 Å². The summed E-state index contributed by atoms with van der Waals surface area (Å²) in [6.07, 6.45) is 3.35. The summed E-state index contributed by atoms with van der Waals surface area (Å²) in [6, 6.07) is 3.94. The first-order chi connectivity index (χ1) is 14.4. The molecule has 0 radical (unpaired) electrons. The molecular weight excluding hydrogens is 406 g/mol. The largest absolute Gasteiger partial charge is 0.399 e. The number of aliphatic hydroxyl groups is 1. The van der Waals surface area contributed by atoms with Gasteiger partial charge >= 0.3 is 0 Å². The molecule has 11 heteroatoms. The smallest absolute Gasteiger partial charge is 0.247 e. The van der Waals surface area contributed by atoms with E-state index in [1.165, 1.54) is 0 Å². The molecule has 3 aromatic rings. The second-order valence-corrected chi connectivity index (χ2v) is 8.48. The maximum absolute atomic E-state index is 10.1. The van der Waals surface area contributed by atoms with E-state index in [1.54, 1.807) is 16.8 Å². The van der Waals surface area contributed by atoms with E-state index in [1.807, 2.05) is 17.9 Å². The molecule has 1 saturated heterocycles. The highest BCUT2D eigenvalue weighted by atomic mass is 35.5. The monoisotopic (exact) mass is 429 g/mol. The van der Waals surface area contributed by atoms with Crippen molar-refractivity contribution < 1.29 is 5.11 Å². The molecule has 30 heavy (non-hydrogen) atoms. The molecule has 0 unspecified atom stereocenters. The average molecular weight is 430 g/mol. The molecule has 0 amide bonds. The quantitative estimate of drug-likeness (QED) is 0.385. The number of hydrogen-bond donors (Lipinski definition) is 5. The number of aromatic nitrogens is 4. The number of β-amino-alcohol motifs (C(OH)–C–C–N with tert-alkyl or cyclic N) is 1. The molecule has 3 heterocycles. The molecule has 0 spiro atoms. The SMILES string of the molecule is C[C@@H]1CN(c2cc(N)cc(Nc3nc(NC4CC4)c4ncc(N)n4n3)c2Cl)C[C@H]1O. The van der Waals surface area contributed by atoms with Gasteiger partial charge in [-0.3, -0.25) is 0 Å². The Balaban J connectivity index is 1.51. The normalized spacial score (nSPS) is 21.4. The van der Waals surface area contributed by atoms with E-state index < -0.39 is 6.10 Å². The zero-order valence-electron chi connectivity index (χ0n) is 16.5. The lowest BCUT2D eigenvalue weighted by Crippen LogP contribution is -2.22. The van der Waals surface area contributed by atoms with Gasteiger partial charge < -0.3 is 32.1 Å². The summed E-state index contributed by atoms with van der Waals surface area (Å²) in [5, 5.41) is 21.6. The molecule has 1 aromatic carbocycles. The maximum atomic E-state index is 10.1. The van der Waals surface area contributed by atoms with E-state index in [0.717, 1.165) is 18.5 Å². The lowest BCUT2D eigenvalue weighted by Gasteiger charge is -2.22. The molecule has 1 saturated carbocycles. The van der Waals surface area contributed by atoms with Gasteiger partial charge in [-0.25, -0.2) is 4.98 Å². The molecule has 2 aliphatic rings. The highest BCUT2D eigenvalue weighted by Gasteiger charge is 2.30. The van der Waals surface area contributed by atoms with Crippen molar-refractivity contribution in [2.45, 2.75) is 31.9 Å². The Hall–Kier alpha value is -2.98. The van der Waals surface area contributed by atoms with Gasteiger partial charge in [0.25, 0.3) is 0 Å². The third kappa shape index (κ3) is 3.41. The van der Waals surface area contributed by atoms with Crippen molar-refractivity contribution in [1.82, 2.24) is 19.6 Å². The molecule has 1 aliphatic carbocycles. The number of aliphatic hydroxyl groups excluding tert-OH is 1. The lowest BCUT2D eigenvalue weighted by atomic mass is 10.1. The number of rotatable bonds is 5. The third-order valence-electron chi connectivity index (χ3n) is 5.54. The van der Waals surface area contributed by atoms with Crippen molar-refractivity contribution in [3.8, 4) is 0 Å². The lowest BCUT2D eigenvalue weighted by molar-refractivity contribution is 0.157. The van der Waals surface area contributed by atoms with Crippen LogP contribution in [0.5, 0.6) is 0 Å². The van der Waals surface area contributed by atoms with Gasteiger partial charge in [-0.2, -0.15) is 9.50 Å². The predicted molar refractivity (Wildman–Crippen MR) is 118 cm³/mol. The second kappa shape index (κ2) is 7.06. The van der Waals surface area contributed by atoms with Crippen LogP contribution in [0.25, 0.3) is 5.65 Å². The molecule has 2 aromatic heterocycles. The fourth-order valence-electron chi connectivity index (χ4n) is 3.69. The summed E-state index contributed by atoms with van der Waals surface area (Å²) in [4.78, 5) is 10.9. The molecular formula is C19H24ClN9O. The minimum absolute atomic E-state index is 0.157. The maximum Gasteiger partial charge on any atom is 0.247 e. The molecule has 0 bridgehead atoms. The Morgan fingerprint density at radius 2 is 2.03 bits per heavy atom. The minimum Gasteiger partial charge on any atom is -0.399 e. The highest BCUT2D eigenvalue weighted by Crippen LogP contribution is 2.39. The second-order valence-electron chi connectivity index (χ2n) is 8.10. The van der Waals surface area contributed by atoms with E-state index in [2.05, 4.69) is 25.7 Å². The van der Waals surface area contributed by atoms with Gasteiger partial charge in [0.15, 0.2) is 11.5 Å². The number of hydrogen-bond acceptors (Lipinski definition) is 9. The number of nitrogens with one attached hydrogen (secondary N) is 2. The van der Waals surface area contributed by atoms with Crippen LogP contribution < -0.4 is 27.0 Å². The van der Waals surface area contributed by atoms with Crippen LogP contribution in [0.15, 0.2) is 18.3 Å². The summed E-state index contributed by atoms with van der Waals surface area (Å²) in [6.45, 7) is 3.22. The van der Waals surface area contributed by atoms with E-state index in [4.69, 9.17) is 23.1 Å². The summed E-state index contributed by atoms with van der Waals surface area (Å²) in [5.41, 5.74) is 14.6. The van der Waals surface area contributed by atoms with E-state index in [-0.39, 0.29) is 5.92 Å². The van der Waals surface area contributed by atoms with Crippen molar-refractivity contribution in [2.75, 3.05) is 40.1 Å². The first-order valence-corrected chi connectivity index (χ1v) is 10.3. The molecule has 7 N–H and O–H groups in total. The van der Waals surface area contributed by atoms with Gasteiger partial charge in [0, 0.05) is 30.7 Å². The Morgan fingerprint density at radius 3 is 2.73 bits per heavy atom. The number of anilines is 6. The van der Waals surface area contributed by atoms with Crippen molar-refractivity contribution >= 4 is 51.9 Å². The Kier molecular flexibility index (Phi) is 4.48. The van der Waals surface area contributed by atoms with Gasteiger partial charge in [-0.05, 0) is 25.0 Å². The summed E-state index contributed by atoms with van der Waals surface area (Å²) >= 11 is 6.71. The first-order valence-electron chi connectivity index (χ1n) is 9.96. The van der Waals surface area contributed by atoms with Gasteiger partial charge in [-0.15, -0.1) is 5.10 Å². The molecule has 2 fully saturated rings. The van der Waals surface area contributed by atoms with Crippen molar-refractivity contribution in [3.63, 3.8) is 0 Å². The molecule has 2 atom stereocenters. The highest BCUT2D eigenvalue weighted by molar-refractivity contribution is 6.36. The zero-order valence-corrected chi connectivity index (χ0v) is 17.3. The Morgan fingerprint density at radius 1 is 1.23 bits per heavy atom. The van der Waals surface area contributed by atoms with Crippen molar-refractivity contribution in [3.05, 3.63) is 23.4 Å². The number of fused-ring (bicyclic) bond motifs is 1. The molecule has 1 aliphatic heterocycles.